The molecule has 1 saturated heterocycles. The molecule has 4 aromatic rings. The molecule has 4 unspecified atom stereocenters. The van der Waals surface area contributed by atoms with Crippen LogP contribution in [0, 0.1) is 0 Å². The lowest BCUT2D eigenvalue weighted by Gasteiger charge is -2.36. The predicted octanol–water partition coefficient (Wildman–Crippen LogP) is 7.31. The second kappa shape index (κ2) is 16.7. The third-order valence-electron chi connectivity index (χ3n) is 8.22. The van der Waals surface area contributed by atoms with E-state index in [2.05, 4.69) is 22.9 Å². The van der Waals surface area contributed by atoms with Gasteiger partial charge in [0.05, 0.1) is 19.3 Å². The minimum absolute atomic E-state index is 0.0325. The van der Waals surface area contributed by atoms with E-state index in [1.54, 1.807) is 11.8 Å². The van der Waals surface area contributed by atoms with E-state index in [0.29, 0.717) is 12.1 Å². The van der Waals surface area contributed by atoms with Gasteiger partial charge in [-0.05, 0) is 66.8 Å². The van der Waals surface area contributed by atoms with Gasteiger partial charge in [-0.25, -0.2) is 4.79 Å². The molecule has 1 aliphatic rings. The molecule has 4 atom stereocenters. The quantitative estimate of drug-likeness (QED) is 0.139. The topological polar surface area (TPSA) is 88.7 Å². The first-order valence-corrected chi connectivity index (χ1v) is 16.9. The molecule has 7 nitrogen and oxygen atoms in total. The summed E-state index contributed by atoms with van der Waals surface area (Å²) in [6.45, 7) is 2.92. The number of para-hydroxylation sites is 1. The number of morpholine rings is 1. The van der Waals surface area contributed by atoms with Crippen LogP contribution >= 0.6 is 23.4 Å². The number of carbonyl (C=O) groups is 2. The number of rotatable bonds is 12. The normalized spacial score (nSPS) is 18.5. The summed E-state index contributed by atoms with van der Waals surface area (Å²) >= 11 is 7.81. The summed E-state index contributed by atoms with van der Waals surface area (Å²) in [5.74, 6) is 0.0524. The Labute approximate surface area is 280 Å². The van der Waals surface area contributed by atoms with Crippen molar-refractivity contribution >= 4 is 41.1 Å². The number of nitrogens with one attached hydrogen (secondary N) is 3. The molecule has 3 N–H and O–H groups in total. The molecule has 9 heteroatoms. The zero-order valence-corrected chi connectivity index (χ0v) is 27.6. The average Bonchev–Trinajstić information content (AvgIpc) is 3.09. The fourth-order valence-corrected chi connectivity index (χ4v) is 6.87. The minimum atomic E-state index is -0.934. The predicted molar refractivity (Wildman–Crippen MR) is 186 cm³/mol. The highest BCUT2D eigenvalue weighted by atomic mass is 35.5. The van der Waals surface area contributed by atoms with Crippen LogP contribution in [0.5, 0.6) is 0 Å². The van der Waals surface area contributed by atoms with Gasteiger partial charge in [-0.3, -0.25) is 4.79 Å². The molecule has 0 aromatic heterocycles. The number of hydrogen-bond donors (Lipinski definition) is 3. The van der Waals surface area contributed by atoms with Crippen molar-refractivity contribution in [3.63, 3.8) is 0 Å². The summed E-state index contributed by atoms with van der Waals surface area (Å²) in [5.41, 5.74) is 3.51. The number of aryl methyl sites for hydroxylation is 1. The number of anilines is 1. The molecule has 2 amide bonds. The number of benzene rings is 4. The molecule has 0 bridgehead atoms. The minimum Gasteiger partial charge on any atom is -0.453 e. The Kier molecular flexibility index (Phi) is 12.1. The first-order valence-electron chi connectivity index (χ1n) is 15.5. The lowest BCUT2D eigenvalue weighted by atomic mass is 9.84. The molecular formula is C37H40ClN3O4S. The summed E-state index contributed by atoms with van der Waals surface area (Å²) in [6.07, 6.45) is 0.919. The molecule has 0 radical (unpaired) electrons. The van der Waals surface area contributed by atoms with Gasteiger partial charge in [0.2, 0.25) is 5.91 Å². The molecule has 46 heavy (non-hydrogen) atoms. The van der Waals surface area contributed by atoms with E-state index >= 15 is 0 Å². The molecular weight excluding hydrogens is 618 g/mol. The maximum absolute atomic E-state index is 14.1. The number of alkyl carbamates (subject to hydrolysis) is 1. The van der Waals surface area contributed by atoms with Crippen molar-refractivity contribution in [1.82, 2.24) is 10.6 Å². The van der Waals surface area contributed by atoms with E-state index in [1.807, 2.05) is 109 Å². The van der Waals surface area contributed by atoms with Crippen LogP contribution in [-0.2, 0) is 20.7 Å². The first-order chi connectivity index (χ1) is 22.4. The summed E-state index contributed by atoms with van der Waals surface area (Å²) < 4.78 is 11.5. The molecule has 1 heterocycles. The Balaban J connectivity index is 1.28. The fourth-order valence-electron chi connectivity index (χ4n) is 5.70. The number of amides is 2. The highest BCUT2D eigenvalue weighted by Gasteiger charge is 2.33. The van der Waals surface area contributed by atoms with Crippen LogP contribution in [0.25, 0.3) is 0 Å². The lowest BCUT2D eigenvalue weighted by Crippen LogP contribution is -2.52. The molecule has 0 aliphatic carbocycles. The van der Waals surface area contributed by atoms with Gasteiger partial charge in [-0.2, -0.15) is 0 Å². The number of thioether (sulfide) groups is 1. The third kappa shape index (κ3) is 9.13. The number of halogens is 1. The van der Waals surface area contributed by atoms with Crippen molar-refractivity contribution in [2.75, 3.05) is 24.7 Å². The molecule has 240 valence electrons. The second-order valence-electron chi connectivity index (χ2n) is 11.4. The maximum atomic E-state index is 14.1. The van der Waals surface area contributed by atoms with Gasteiger partial charge in [0.15, 0.2) is 0 Å². The van der Waals surface area contributed by atoms with Crippen LogP contribution in [0.1, 0.15) is 36.0 Å². The molecule has 1 fully saturated rings. The number of ether oxygens (including phenoxy) is 2. The second-order valence-corrected chi connectivity index (χ2v) is 12.9. The van der Waals surface area contributed by atoms with Gasteiger partial charge in [0.25, 0.3) is 0 Å². The van der Waals surface area contributed by atoms with Gasteiger partial charge in [0.1, 0.15) is 6.04 Å². The Morgan fingerprint density at radius 2 is 1.57 bits per heavy atom. The molecule has 1 aliphatic heterocycles. The Morgan fingerprint density at radius 1 is 0.935 bits per heavy atom. The fraction of sp³-hybridized carbons (Fsp3) is 0.297. The van der Waals surface area contributed by atoms with E-state index in [0.717, 1.165) is 45.3 Å². The largest absolute Gasteiger partial charge is 0.453 e. The summed E-state index contributed by atoms with van der Waals surface area (Å²) in [7, 11) is 1.30. The number of methoxy groups -OCH3 is 1. The Bertz CT molecular complexity index is 1520. The SMILES string of the molecule is COC(=O)NC(C(=O)Nc1ccccc1CCC1CNC(C)C(CSc2ccc(Cl)cc2)O1)C(c1ccccc1)c1ccccc1. The Morgan fingerprint density at radius 3 is 2.22 bits per heavy atom. The van der Waals surface area contributed by atoms with Crippen LogP contribution in [0.15, 0.2) is 114 Å². The first kappa shape index (κ1) is 33.5. The van der Waals surface area contributed by atoms with Gasteiger partial charge in [-0.15, -0.1) is 11.8 Å². The van der Waals surface area contributed by atoms with Crippen molar-refractivity contribution in [2.24, 2.45) is 0 Å². The standard InChI is InChI=1S/C37H40ClN3O4S/c1-25-33(24-46-31-21-18-29(38)19-22-31)45-30(23-39-25)20-17-26-11-9-10-16-32(26)40-36(42)35(41-37(43)44-2)34(27-12-5-3-6-13-27)28-14-7-4-8-15-28/h3-16,18-19,21-22,25,30,33-35,39H,17,20,23-24H2,1-2H3,(H,40,42)(H,41,43). The van der Waals surface area contributed by atoms with Gasteiger partial charge < -0.3 is 25.4 Å². The van der Waals surface area contributed by atoms with Crippen LogP contribution in [0.4, 0.5) is 10.5 Å². The zero-order chi connectivity index (χ0) is 32.3. The molecule has 0 spiro atoms. The van der Waals surface area contributed by atoms with Crippen LogP contribution in [0.3, 0.4) is 0 Å². The van der Waals surface area contributed by atoms with Crippen LogP contribution in [-0.4, -0.2) is 55.7 Å². The van der Waals surface area contributed by atoms with Crippen LogP contribution < -0.4 is 16.0 Å². The Hall–Kier alpha value is -3.82. The molecule has 5 rings (SSSR count). The average molecular weight is 658 g/mol. The summed E-state index contributed by atoms with van der Waals surface area (Å²) in [5, 5.41) is 10.3. The number of carbonyl (C=O) groups excluding carboxylic acids is 2. The van der Waals surface area contributed by atoms with Crippen molar-refractivity contribution in [3.05, 3.63) is 131 Å². The van der Waals surface area contributed by atoms with E-state index in [-0.39, 0.29) is 24.2 Å². The van der Waals surface area contributed by atoms with Crippen molar-refractivity contribution < 1.29 is 19.1 Å². The van der Waals surface area contributed by atoms with Gasteiger partial charge in [-0.1, -0.05) is 90.5 Å². The van der Waals surface area contributed by atoms with Crippen molar-refractivity contribution in [3.8, 4) is 0 Å². The maximum Gasteiger partial charge on any atom is 0.407 e. The monoisotopic (exact) mass is 657 g/mol. The van der Waals surface area contributed by atoms with E-state index in [4.69, 9.17) is 21.1 Å². The van der Waals surface area contributed by atoms with Crippen LogP contribution in [0.2, 0.25) is 5.02 Å². The van der Waals surface area contributed by atoms with E-state index in [1.165, 1.54) is 7.11 Å². The molecule has 0 saturated carbocycles. The zero-order valence-electron chi connectivity index (χ0n) is 26.0. The summed E-state index contributed by atoms with van der Waals surface area (Å²) in [6, 6.07) is 34.4. The highest BCUT2D eigenvalue weighted by molar-refractivity contribution is 7.99. The third-order valence-corrected chi connectivity index (χ3v) is 9.58. The van der Waals surface area contributed by atoms with Crippen molar-refractivity contribution in [2.45, 2.75) is 54.9 Å². The van der Waals surface area contributed by atoms with E-state index in [9.17, 15) is 9.59 Å². The highest BCUT2D eigenvalue weighted by Crippen LogP contribution is 2.30. The lowest BCUT2D eigenvalue weighted by molar-refractivity contribution is -0.118. The smallest absolute Gasteiger partial charge is 0.407 e. The number of hydrogen-bond acceptors (Lipinski definition) is 6. The summed E-state index contributed by atoms with van der Waals surface area (Å²) in [4.78, 5) is 27.8. The van der Waals surface area contributed by atoms with Gasteiger partial charge in [0, 0.05) is 39.9 Å². The van der Waals surface area contributed by atoms with Crippen molar-refractivity contribution in [1.29, 1.82) is 0 Å². The molecule has 4 aromatic carbocycles. The van der Waals surface area contributed by atoms with Gasteiger partial charge >= 0.3 is 6.09 Å². The van der Waals surface area contributed by atoms with E-state index < -0.39 is 18.1 Å².